The molecule has 0 saturated carbocycles. The van der Waals surface area contributed by atoms with Crippen LogP contribution >= 0.6 is 0 Å². The van der Waals surface area contributed by atoms with Crippen molar-refractivity contribution in [2.24, 2.45) is 0 Å². The Morgan fingerprint density at radius 2 is 1.63 bits per heavy atom. The van der Waals surface area contributed by atoms with Gasteiger partial charge in [-0.3, -0.25) is 14.5 Å². The summed E-state index contributed by atoms with van der Waals surface area (Å²) in [6, 6.07) is 12.8. The molecule has 1 N–H and O–H groups in total. The predicted molar refractivity (Wildman–Crippen MR) is 136 cm³/mol. The Bertz CT molecular complexity index is 1330. The largest absolute Gasteiger partial charge is 0.497 e. The molecule has 1 unspecified atom stereocenters. The van der Waals surface area contributed by atoms with Crippen LogP contribution in [0.2, 0.25) is 0 Å². The summed E-state index contributed by atoms with van der Waals surface area (Å²) in [6.07, 6.45) is -2.53. The number of hydrogen-bond acceptors (Lipinski definition) is 5. The second-order valence-electron chi connectivity index (χ2n) is 9.45. The molecule has 8 nitrogen and oxygen atoms in total. The van der Waals surface area contributed by atoms with E-state index < -0.39 is 17.8 Å². The molecule has 0 spiro atoms. The first-order valence-corrected chi connectivity index (χ1v) is 12.5. The summed E-state index contributed by atoms with van der Waals surface area (Å²) < 4.78 is 47.6. The molecule has 0 bridgehead atoms. The number of aromatic nitrogens is 2. The Morgan fingerprint density at radius 3 is 2.24 bits per heavy atom. The lowest BCUT2D eigenvalue weighted by molar-refractivity contribution is -0.142. The standard InChI is InChI=1S/C27H28F3N5O3/c1-17(33-14-3-4-15-33)25(36)31-18-5-7-19(8-6-18)34-16-13-22-23(26(34)37)35(32-24(22)27(28,29)30)20-9-11-21(38-2)12-10-20/h5-12,17H,3-4,13-16H2,1-2H3,(H,31,36). The minimum atomic E-state index is -4.70. The number of carbonyl (C=O) groups excluding carboxylic acids is 2. The number of benzene rings is 2. The molecule has 3 aromatic rings. The molecule has 200 valence electrons. The summed E-state index contributed by atoms with van der Waals surface area (Å²) in [5, 5.41) is 6.72. The monoisotopic (exact) mass is 527 g/mol. The molecule has 1 aromatic heterocycles. The van der Waals surface area contributed by atoms with Gasteiger partial charge < -0.3 is 15.0 Å². The number of likely N-dealkylation sites (tertiary alicyclic amines) is 1. The molecule has 1 atom stereocenters. The van der Waals surface area contributed by atoms with Gasteiger partial charge in [0.15, 0.2) is 5.69 Å². The molecule has 2 aliphatic heterocycles. The highest BCUT2D eigenvalue weighted by Crippen LogP contribution is 2.37. The zero-order valence-electron chi connectivity index (χ0n) is 21.1. The van der Waals surface area contributed by atoms with Gasteiger partial charge in [-0.05, 0) is 87.8 Å². The molecular weight excluding hydrogens is 499 g/mol. The number of carbonyl (C=O) groups is 2. The number of fused-ring (bicyclic) bond motifs is 1. The number of rotatable bonds is 6. The third kappa shape index (κ3) is 4.85. The van der Waals surface area contributed by atoms with Crippen LogP contribution in [0.1, 0.15) is 41.5 Å². The Labute approximate surface area is 218 Å². The van der Waals surface area contributed by atoms with Crippen molar-refractivity contribution in [3.63, 3.8) is 0 Å². The van der Waals surface area contributed by atoms with E-state index in [-0.39, 0.29) is 36.2 Å². The van der Waals surface area contributed by atoms with E-state index in [2.05, 4.69) is 15.3 Å². The Balaban J connectivity index is 1.40. The number of ether oxygens (including phenoxy) is 1. The van der Waals surface area contributed by atoms with Crippen molar-refractivity contribution >= 4 is 23.2 Å². The molecule has 2 aliphatic rings. The molecule has 1 fully saturated rings. The van der Waals surface area contributed by atoms with Crippen molar-refractivity contribution in [3.05, 3.63) is 65.5 Å². The Morgan fingerprint density at radius 1 is 1.00 bits per heavy atom. The molecule has 0 aliphatic carbocycles. The van der Waals surface area contributed by atoms with Gasteiger partial charge >= 0.3 is 6.18 Å². The van der Waals surface area contributed by atoms with Crippen LogP contribution in [0.5, 0.6) is 5.75 Å². The van der Waals surface area contributed by atoms with Gasteiger partial charge in [0.1, 0.15) is 11.4 Å². The van der Waals surface area contributed by atoms with Gasteiger partial charge in [0.25, 0.3) is 5.91 Å². The van der Waals surface area contributed by atoms with Crippen LogP contribution in [-0.4, -0.2) is 59.3 Å². The van der Waals surface area contributed by atoms with Crippen LogP contribution in [0.3, 0.4) is 0 Å². The number of nitrogens with zero attached hydrogens (tertiary/aromatic N) is 4. The third-order valence-electron chi connectivity index (χ3n) is 7.12. The lowest BCUT2D eigenvalue weighted by Crippen LogP contribution is -2.40. The first-order chi connectivity index (χ1) is 18.2. The third-order valence-corrected chi connectivity index (χ3v) is 7.12. The summed E-state index contributed by atoms with van der Waals surface area (Å²) >= 11 is 0. The summed E-state index contributed by atoms with van der Waals surface area (Å²) in [6.45, 7) is 3.74. The maximum absolute atomic E-state index is 13.8. The van der Waals surface area contributed by atoms with Crippen molar-refractivity contribution in [2.75, 3.05) is 37.0 Å². The highest BCUT2D eigenvalue weighted by atomic mass is 19.4. The van der Waals surface area contributed by atoms with Gasteiger partial charge in [-0.25, -0.2) is 4.68 Å². The van der Waals surface area contributed by atoms with Crippen LogP contribution in [0.4, 0.5) is 24.5 Å². The Kier molecular flexibility index (Phi) is 6.87. The predicted octanol–water partition coefficient (Wildman–Crippen LogP) is 4.53. The van der Waals surface area contributed by atoms with Crippen molar-refractivity contribution in [1.29, 1.82) is 0 Å². The topological polar surface area (TPSA) is 79.7 Å². The van der Waals surface area contributed by atoms with Gasteiger partial charge in [-0.15, -0.1) is 0 Å². The van der Waals surface area contributed by atoms with Crippen LogP contribution in [-0.2, 0) is 17.4 Å². The van der Waals surface area contributed by atoms with Crippen LogP contribution in [0, 0.1) is 0 Å². The lowest BCUT2D eigenvalue weighted by Gasteiger charge is -2.28. The van der Waals surface area contributed by atoms with E-state index in [0.29, 0.717) is 22.8 Å². The maximum atomic E-state index is 13.8. The van der Waals surface area contributed by atoms with Crippen LogP contribution in [0.25, 0.3) is 5.69 Å². The van der Waals surface area contributed by atoms with Crippen molar-refractivity contribution < 1.29 is 27.5 Å². The quantitative estimate of drug-likeness (QED) is 0.510. The first-order valence-electron chi connectivity index (χ1n) is 12.5. The van der Waals surface area contributed by atoms with Gasteiger partial charge in [0.05, 0.1) is 18.8 Å². The molecule has 3 heterocycles. The maximum Gasteiger partial charge on any atom is 0.435 e. The van der Waals surface area contributed by atoms with Crippen molar-refractivity contribution in [3.8, 4) is 11.4 Å². The molecule has 5 rings (SSSR count). The highest BCUT2D eigenvalue weighted by Gasteiger charge is 2.43. The Hall–Kier alpha value is -3.86. The molecule has 1 saturated heterocycles. The second kappa shape index (κ2) is 10.1. The average Bonchev–Trinajstić information content (AvgIpc) is 3.58. The van der Waals surface area contributed by atoms with Crippen LogP contribution < -0.4 is 15.0 Å². The normalized spacial score (nSPS) is 16.9. The molecular formula is C27H28F3N5O3. The fourth-order valence-corrected chi connectivity index (χ4v) is 5.01. The zero-order valence-corrected chi connectivity index (χ0v) is 21.1. The van der Waals surface area contributed by atoms with E-state index in [1.54, 1.807) is 48.5 Å². The number of anilines is 2. The number of hydrogen-bond donors (Lipinski definition) is 1. The minimum absolute atomic E-state index is 0.00208. The van der Waals surface area contributed by atoms with Gasteiger partial charge in [-0.2, -0.15) is 18.3 Å². The van der Waals surface area contributed by atoms with E-state index in [0.717, 1.165) is 30.6 Å². The molecule has 2 amide bonds. The minimum Gasteiger partial charge on any atom is -0.497 e. The number of alkyl halides is 3. The fraction of sp³-hybridized carbons (Fsp3) is 0.370. The van der Waals surface area contributed by atoms with E-state index in [1.807, 2.05) is 6.92 Å². The molecule has 38 heavy (non-hydrogen) atoms. The number of halogens is 3. The van der Waals surface area contributed by atoms with E-state index >= 15 is 0 Å². The number of nitrogens with one attached hydrogen (secondary N) is 1. The van der Waals surface area contributed by atoms with Crippen LogP contribution in [0.15, 0.2) is 48.5 Å². The van der Waals surface area contributed by atoms with Crippen molar-refractivity contribution in [1.82, 2.24) is 14.7 Å². The van der Waals surface area contributed by atoms with E-state index in [9.17, 15) is 22.8 Å². The fourth-order valence-electron chi connectivity index (χ4n) is 5.01. The van der Waals surface area contributed by atoms with Gasteiger partial charge in [0.2, 0.25) is 5.91 Å². The SMILES string of the molecule is COc1ccc(-n2nc(C(F)(F)F)c3c2C(=O)N(c2ccc(NC(=O)C(C)N4CCCC4)cc2)CC3)cc1. The van der Waals surface area contributed by atoms with Gasteiger partial charge in [0, 0.05) is 23.5 Å². The summed E-state index contributed by atoms with van der Waals surface area (Å²) in [4.78, 5) is 29.8. The van der Waals surface area contributed by atoms with Crippen molar-refractivity contribution in [2.45, 2.75) is 38.4 Å². The second-order valence-corrected chi connectivity index (χ2v) is 9.45. The molecule has 11 heteroatoms. The number of methoxy groups -OCH3 is 1. The summed E-state index contributed by atoms with van der Waals surface area (Å²) in [7, 11) is 1.48. The lowest BCUT2D eigenvalue weighted by atomic mass is 10.0. The molecule has 2 aromatic carbocycles. The highest BCUT2D eigenvalue weighted by molar-refractivity contribution is 6.07. The van der Waals surface area contributed by atoms with E-state index in [1.165, 1.54) is 12.0 Å². The number of amides is 2. The summed E-state index contributed by atoms with van der Waals surface area (Å²) in [5.41, 5.74) is 0.124. The van der Waals surface area contributed by atoms with Gasteiger partial charge in [-0.1, -0.05) is 0 Å². The molecule has 0 radical (unpaired) electrons. The smallest absolute Gasteiger partial charge is 0.435 e. The average molecular weight is 528 g/mol. The van der Waals surface area contributed by atoms with E-state index in [4.69, 9.17) is 4.74 Å². The first kappa shape index (κ1) is 25.8. The summed E-state index contributed by atoms with van der Waals surface area (Å²) in [5.74, 6) is -0.160. The zero-order chi connectivity index (χ0) is 27.0.